The molecule has 1 amide bonds. The molecule has 6 nitrogen and oxygen atoms in total. The third-order valence-electron chi connectivity index (χ3n) is 3.69. The Hall–Kier alpha value is -1.96. The van der Waals surface area contributed by atoms with Crippen LogP contribution in [0.15, 0.2) is 36.5 Å². The summed E-state index contributed by atoms with van der Waals surface area (Å²) in [5.41, 5.74) is 0. The highest BCUT2D eigenvalue weighted by Gasteiger charge is 2.29. The normalized spacial score (nSPS) is 20.5. The van der Waals surface area contributed by atoms with Crippen LogP contribution in [0.1, 0.15) is 21.0 Å². The third kappa shape index (κ3) is 4.31. The molecular weight excluding hydrogens is 328 g/mol. The van der Waals surface area contributed by atoms with Crippen LogP contribution in [-0.4, -0.2) is 43.4 Å². The number of carbonyl (C=O) groups is 1. The van der Waals surface area contributed by atoms with Crippen molar-refractivity contribution in [3.05, 3.63) is 46.3 Å². The second-order valence-electron chi connectivity index (χ2n) is 5.47. The number of amides is 1. The van der Waals surface area contributed by atoms with Gasteiger partial charge in [0.25, 0.3) is 5.91 Å². The van der Waals surface area contributed by atoms with E-state index in [0.717, 1.165) is 4.88 Å². The Morgan fingerprint density at radius 3 is 3.12 bits per heavy atom. The van der Waals surface area contributed by atoms with Crippen LogP contribution in [0.3, 0.4) is 0 Å². The highest BCUT2D eigenvalue weighted by molar-refractivity contribution is 7.14. The first-order chi connectivity index (χ1) is 11.8. The van der Waals surface area contributed by atoms with Gasteiger partial charge in [-0.1, -0.05) is 6.07 Å². The molecule has 0 aliphatic carbocycles. The monoisotopic (exact) mass is 348 g/mol. The van der Waals surface area contributed by atoms with Crippen molar-refractivity contribution < 1.29 is 19.0 Å². The zero-order chi connectivity index (χ0) is 16.8. The van der Waals surface area contributed by atoms with Crippen LogP contribution in [-0.2, 0) is 16.1 Å². The van der Waals surface area contributed by atoms with Gasteiger partial charge in [-0.25, -0.2) is 4.98 Å². The van der Waals surface area contributed by atoms with Crippen LogP contribution in [0.4, 0.5) is 0 Å². The first-order valence-electron chi connectivity index (χ1n) is 7.80. The predicted octanol–water partition coefficient (Wildman–Crippen LogP) is 2.26. The molecule has 0 spiro atoms. The van der Waals surface area contributed by atoms with Gasteiger partial charge in [0.2, 0.25) is 5.88 Å². The molecule has 1 aliphatic heterocycles. The molecular formula is C17H20N2O4S. The van der Waals surface area contributed by atoms with Crippen molar-refractivity contribution >= 4 is 17.2 Å². The number of hydrogen-bond donors (Lipinski definition) is 1. The van der Waals surface area contributed by atoms with Crippen molar-refractivity contribution in [2.24, 2.45) is 0 Å². The maximum absolute atomic E-state index is 12.5. The first-order valence-corrected chi connectivity index (χ1v) is 8.62. The quantitative estimate of drug-likeness (QED) is 0.867. The Labute approximate surface area is 144 Å². The number of aromatic nitrogens is 1. The number of nitrogens with one attached hydrogen (secondary N) is 1. The minimum atomic E-state index is -0.207. The number of nitrogens with zero attached hydrogens (tertiary/aromatic N) is 1. The summed E-state index contributed by atoms with van der Waals surface area (Å²) >= 11 is 1.43. The fraction of sp³-hybridized carbons (Fsp3) is 0.412. The van der Waals surface area contributed by atoms with E-state index in [4.69, 9.17) is 14.2 Å². The molecule has 0 radical (unpaired) electrons. The lowest BCUT2D eigenvalue weighted by Crippen LogP contribution is -2.51. The summed E-state index contributed by atoms with van der Waals surface area (Å²) in [6.07, 6.45) is 2.24. The maximum Gasteiger partial charge on any atom is 0.261 e. The van der Waals surface area contributed by atoms with Crippen LogP contribution < -0.4 is 10.1 Å². The van der Waals surface area contributed by atoms with E-state index in [0.29, 0.717) is 37.0 Å². The zero-order valence-corrected chi connectivity index (χ0v) is 14.3. The molecule has 1 fully saturated rings. The van der Waals surface area contributed by atoms with Gasteiger partial charge in [-0.05, 0) is 18.2 Å². The number of rotatable bonds is 6. The summed E-state index contributed by atoms with van der Waals surface area (Å²) in [7, 11) is 1.64. The van der Waals surface area contributed by atoms with E-state index in [1.54, 1.807) is 13.3 Å². The summed E-state index contributed by atoms with van der Waals surface area (Å²) in [4.78, 5) is 18.3. The molecule has 3 rings (SSSR count). The van der Waals surface area contributed by atoms with Crippen molar-refractivity contribution in [3.8, 4) is 5.88 Å². The Balaban J connectivity index is 1.63. The van der Waals surface area contributed by atoms with Gasteiger partial charge in [0.15, 0.2) is 0 Å². The minimum Gasteiger partial charge on any atom is -0.472 e. The van der Waals surface area contributed by atoms with Crippen LogP contribution in [0.5, 0.6) is 5.88 Å². The predicted molar refractivity (Wildman–Crippen MR) is 90.4 cm³/mol. The Morgan fingerprint density at radius 2 is 2.33 bits per heavy atom. The molecule has 0 saturated carbocycles. The second-order valence-corrected chi connectivity index (χ2v) is 6.64. The van der Waals surface area contributed by atoms with Crippen molar-refractivity contribution in [1.82, 2.24) is 10.3 Å². The smallest absolute Gasteiger partial charge is 0.261 e. The summed E-state index contributed by atoms with van der Waals surface area (Å²) < 4.78 is 16.5. The van der Waals surface area contributed by atoms with E-state index in [1.165, 1.54) is 11.3 Å². The van der Waals surface area contributed by atoms with E-state index in [2.05, 4.69) is 10.3 Å². The molecule has 128 valence electrons. The number of methoxy groups -OCH3 is 1. The molecule has 1 N–H and O–H groups in total. The van der Waals surface area contributed by atoms with Crippen molar-refractivity contribution in [1.29, 1.82) is 0 Å². The second kappa shape index (κ2) is 8.23. The fourth-order valence-corrected chi connectivity index (χ4v) is 3.41. The van der Waals surface area contributed by atoms with Crippen LogP contribution in [0.2, 0.25) is 0 Å². The van der Waals surface area contributed by atoms with Gasteiger partial charge in [-0.3, -0.25) is 4.79 Å². The molecule has 0 aromatic carbocycles. The van der Waals surface area contributed by atoms with E-state index in [1.807, 2.05) is 30.3 Å². The van der Waals surface area contributed by atoms with E-state index in [9.17, 15) is 4.79 Å². The van der Waals surface area contributed by atoms with Gasteiger partial charge >= 0.3 is 0 Å². The molecule has 1 aliphatic rings. The number of thiophene rings is 1. The van der Waals surface area contributed by atoms with Gasteiger partial charge in [-0.15, -0.1) is 11.3 Å². The van der Waals surface area contributed by atoms with Gasteiger partial charge in [-0.2, -0.15) is 0 Å². The average Bonchev–Trinajstić information content (AvgIpc) is 3.07. The fourth-order valence-electron chi connectivity index (χ4n) is 2.53. The Kier molecular flexibility index (Phi) is 5.79. The largest absolute Gasteiger partial charge is 0.472 e. The first kappa shape index (κ1) is 16.9. The molecule has 2 aromatic heterocycles. The van der Waals surface area contributed by atoms with Gasteiger partial charge in [0.05, 0.1) is 30.7 Å². The molecule has 1 saturated heterocycles. The molecule has 24 heavy (non-hydrogen) atoms. The van der Waals surface area contributed by atoms with Crippen molar-refractivity contribution in [3.63, 3.8) is 0 Å². The van der Waals surface area contributed by atoms with Gasteiger partial charge in [0.1, 0.15) is 6.10 Å². The lowest BCUT2D eigenvalue weighted by atomic mass is 10.1. The molecule has 0 bridgehead atoms. The lowest BCUT2D eigenvalue weighted by molar-refractivity contribution is -0.00443. The molecule has 3 heterocycles. The highest BCUT2D eigenvalue weighted by atomic mass is 32.1. The molecule has 2 aromatic rings. The molecule has 0 unspecified atom stereocenters. The highest BCUT2D eigenvalue weighted by Crippen LogP contribution is 2.19. The van der Waals surface area contributed by atoms with E-state index in [-0.39, 0.29) is 18.1 Å². The standard InChI is InChI=1S/C17H20N2O4S/c1-21-10-12-5-6-15(24-12)17(20)19-13-11-22-9-7-14(13)23-16-4-2-3-8-18-16/h2-6,8,13-14H,7,9-11H2,1H3,(H,19,20)/t13-,14-/m1/s1. The number of pyridine rings is 1. The third-order valence-corrected chi connectivity index (χ3v) is 4.75. The molecule has 2 atom stereocenters. The summed E-state index contributed by atoms with van der Waals surface area (Å²) in [5, 5.41) is 3.01. The van der Waals surface area contributed by atoms with Crippen LogP contribution >= 0.6 is 11.3 Å². The van der Waals surface area contributed by atoms with E-state index >= 15 is 0 Å². The summed E-state index contributed by atoms with van der Waals surface area (Å²) in [5.74, 6) is 0.439. The molecule has 7 heteroatoms. The van der Waals surface area contributed by atoms with Crippen LogP contribution in [0.25, 0.3) is 0 Å². The van der Waals surface area contributed by atoms with E-state index < -0.39 is 0 Å². The number of hydrogen-bond acceptors (Lipinski definition) is 6. The van der Waals surface area contributed by atoms with Crippen molar-refractivity contribution in [2.45, 2.75) is 25.2 Å². The Morgan fingerprint density at radius 1 is 1.42 bits per heavy atom. The topological polar surface area (TPSA) is 69.7 Å². The van der Waals surface area contributed by atoms with Crippen LogP contribution in [0, 0.1) is 0 Å². The number of carbonyl (C=O) groups excluding carboxylic acids is 1. The Bertz CT molecular complexity index is 662. The zero-order valence-electron chi connectivity index (χ0n) is 13.4. The maximum atomic E-state index is 12.5. The van der Waals surface area contributed by atoms with Crippen molar-refractivity contribution in [2.75, 3.05) is 20.3 Å². The van der Waals surface area contributed by atoms with Gasteiger partial charge in [0, 0.05) is 30.7 Å². The van der Waals surface area contributed by atoms with Gasteiger partial charge < -0.3 is 19.5 Å². The summed E-state index contributed by atoms with van der Waals surface area (Å²) in [6, 6.07) is 9.03. The SMILES string of the molecule is COCc1ccc(C(=O)N[C@@H]2COCC[C@H]2Oc2ccccn2)s1. The lowest BCUT2D eigenvalue weighted by Gasteiger charge is -2.31. The summed E-state index contributed by atoms with van der Waals surface area (Å²) in [6.45, 7) is 1.55. The average molecular weight is 348 g/mol. The minimum absolute atomic E-state index is 0.118. The number of ether oxygens (including phenoxy) is 3.